The zero-order valence-electron chi connectivity index (χ0n) is 8.73. The van der Waals surface area contributed by atoms with E-state index >= 15 is 0 Å². The molecule has 0 aliphatic heterocycles. The van der Waals surface area contributed by atoms with Crippen molar-refractivity contribution in [1.29, 1.82) is 0 Å². The Morgan fingerprint density at radius 1 is 1.50 bits per heavy atom. The Balaban J connectivity index is 2.82. The average Bonchev–Trinajstić information content (AvgIpc) is 2.16. The summed E-state index contributed by atoms with van der Waals surface area (Å²) in [6.07, 6.45) is 2.75. The van der Waals surface area contributed by atoms with Gasteiger partial charge < -0.3 is 9.67 Å². The van der Waals surface area contributed by atoms with Gasteiger partial charge in [-0.1, -0.05) is 13.8 Å². The highest BCUT2D eigenvalue weighted by Gasteiger charge is 2.02. The molecule has 0 saturated heterocycles. The minimum atomic E-state index is -0.179. The molecule has 1 aromatic heterocycles. The number of hydrogen-bond acceptors (Lipinski definition) is 2. The second kappa shape index (κ2) is 4.96. The van der Waals surface area contributed by atoms with Gasteiger partial charge in [-0.15, -0.1) is 0 Å². The van der Waals surface area contributed by atoms with Crippen LogP contribution in [0.4, 0.5) is 0 Å². The third-order valence-electron chi connectivity index (χ3n) is 2.22. The van der Waals surface area contributed by atoms with Gasteiger partial charge in [0.2, 0.25) is 0 Å². The van der Waals surface area contributed by atoms with Gasteiger partial charge in [-0.2, -0.15) is 0 Å². The SMILES string of the molecule is CC(C)CCn1cccc(CO)c1=O. The van der Waals surface area contributed by atoms with E-state index in [-0.39, 0.29) is 12.2 Å². The number of nitrogens with zero attached hydrogens (tertiary/aromatic N) is 1. The second-order valence-electron chi connectivity index (χ2n) is 3.87. The van der Waals surface area contributed by atoms with Crippen molar-refractivity contribution in [3.63, 3.8) is 0 Å². The molecule has 1 aromatic rings. The van der Waals surface area contributed by atoms with Crippen LogP contribution < -0.4 is 5.56 Å². The summed E-state index contributed by atoms with van der Waals surface area (Å²) in [5.41, 5.74) is 0.395. The van der Waals surface area contributed by atoms with E-state index in [9.17, 15) is 4.79 Å². The van der Waals surface area contributed by atoms with E-state index in [0.29, 0.717) is 11.5 Å². The normalized spacial score (nSPS) is 10.9. The van der Waals surface area contributed by atoms with Crippen molar-refractivity contribution in [3.8, 4) is 0 Å². The molecule has 78 valence electrons. The van der Waals surface area contributed by atoms with Crippen LogP contribution in [0.3, 0.4) is 0 Å². The molecule has 0 saturated carbocycles. The predicted octanol–water partition coefficient (Wildman–Crippen LogP) is 1.39. The molecule has 3 nitrogen and oxygen atoms in total. The Morgan fingerprint density at radius 3 is 2.79 bits per heavy atom. The number of rotatable bonds is 4. The van der Waals surface area contributed by atoms with Crippen LogP contribution in [0.2, 0.25) is 0 Å². The van der Waals surface area contributed by atoms with Crippen molar-refractivity contribution < 1.29 is 5.11 Å². The molecule has 0 aliphatic rings. The zero-order valence-corrected chi connectivity index (χ0v) is 8.73. The van der Waals surface area contributed by atoms with Crippen LogP contribution >= 0.6 is 0 Å². The zero-order chi connectivity index (χ0) is 10.6. The summed E-state index contributed by atoms with van der Waals surface area (Å²) >= 11 is 0. The lowest BCUT2D eigenvalue weighted by molar-refractivity contribution is 0.279. The monoisotopic (exact) mass is 195 g/mol. The van der Waals surface area contributed by atoms with Gasteiger partial charge in [0.05, 0.1) is 6.61 Å². The lowest BCUT2D eigenvalue weighted by Gasteiger charge is -2.08. The standard InChI is InChI=1S/C11H17NO2/c1-9(2)5-7-12-6-3-4-10(8-13)11(12)14/h3-4,6,9,13H,5,7-8H2,1-2H3. The maximum atomic E-state index is 11.6. The van der Waals surface area contributed by atoms with Crippen molar-refractivity contribution in [3.05, 3.63) is 34.2 Å². The Labute approximate surface area is 84.0 Å². The molecule has 1 rings (SSSR count). The van der Waals surface area contributed by atoms with Crippen molar-refractivity contribution in [2.45, 2.75) is 33.4 Å². The van der Waals surface area contributed by atoms with Crippen LogP contribution in [0.1, 0.15) is 25.8 Å². The fourth-order valence-corrected chi connectivity index (χ4v) is 1.28. The lowest BCUT2D eigenvalue weighted by atomic mass is 10.1. The van der Waals surface area contributed by atoms with Gasteiger partial charge in [0.15, 0.2) is 0 Å². The Kier molecular flexibility index (Phi) is 3.89. The Morgan fingerprint density at radius 2 is 2.21 bits per heavy atom. The van der Waals surface area contributed by atoms with Gasteiger partial charge in [-0.3, -0.25) is 4.79 Å². The van der Waals surface area contributed by atoms with Gasteiger partial charge in [-0.25, -0.2) is 0 Å². The third kappa shape index (κ3) is 2.70. The summed E-state index contributed by atoms with van der Waals surface area (Å²) in [7, 11) is 0. The van der Waals surface area contributed by atoms with E-state index < -0.39 is 0 Å². The van der Waals surface area contributed by atoms with Gasteiger partial charge >= 0.3 is 0 Å². The van der Waals surface area contributed by atoms with E-state index in [1.165, 1.54) is 0 Å². The number of aliphatic hydroxyl groups is 1. The Bertz CT molecular complexity index is 341. The largest absolute Gasteiger partial charge is 0.391 e. The highest BCUT2D eigenvalue weighted by molar-refractivity contribution is 5.08. The topological polar surface area (TPSA) is 42.2 Å². The molecule has 0 unspecified atom stereocenters. The third-order valence-corrected chi connectivity index (χ3v) is 2.22. The molecule has 0 spiro atoms. The van der Waals surface area contributed by atoms with Crippen molar-refractivity contribution in [1.82, 2.24) is 4.57 Å². The minimum Gasteiger partial charge on any atom is -0.391 e. The number of pyridine rings is 1. The molecule has 3 heteroatoms. The molecule has 14 heavy (non-hydrogen) atoms. The molecule has 0 atom stereocenters. The fraction of sp³-hybridized carbons (Fsp3) is 0.545. The van der Waals surface area contributed by atoms with Crippen LogP contribution in [0.15, 0.2) is 23.1 Å². The van der Waals surface area contributed by atoms with E-state index in [4.69, 9.17) is 5.11 Å². The summed E-state index contributed by atoms with van der Waals surface area (Å²) < 4.78 is 1.66. The maximum Gasteiger partial charge on any atom is 0.256 e. The first-order valence-electron chi connectivity index (χ1n) is 4.94. The highest BCUT2D eigenvalue weighted by Crippen LogP contribution is 2.01. The second-order valence-corrected chi connectivity index (χ2v) is 3.87. The van der Waals surface area contributed by atoms with Crippen molar-refractivity contribution in [2.24, 2.45) is 5.92 Å². The molecule has 0 radical (unpaired) electrons. The highest BCUT2D eigenvalue weighted by atomic mass is 16.3. The first kappa shape index (κ1) is 11.0. The molecular formula is C11H17NO2. The summed E-state index contributed by atoms with van der Waals surface area (Å²) in [6, 6.07) is 3.46. The first-order chi connectivity index (χ1) is 6.65. The molecule has 1 heterocycles. The van der Waals surface area contributed by atoms with E-state index in [1.807, 2.05) is 0 Å². The van der Waals surface area contributed by atoms with Crippen molar-refractivity contribution in [2.75, 3.05) is 0 Å². The minimum absolute atomic E-state index is 0.0735. The smallest absolute Gasteiger partial charge is 0.256 e. The number of aryl methyl sites for hydroxylation is 1. The summed E-state index contributed by atoms with van der Waals surface area (Å²) in [5.74, 6) is 0.583. The predicted molar refractivity (Wildman–Crippen MR) is 56.1 cm³/mol. The number of aromatic nitrogens is 1. The van der Waals surface area contributed by atoms with Gasteiger partial charge in [0.25, 0.3) is 5.56 Å². The lowest BCUT2D eigenvalue weighted by Crippen LogP contribution is -2.23. The van der Waals surface area contributed by atoms with Crippen LogP contribution in [0.5, 0.6) is 0 Å². The van der Waals surface area contributed by atoms with Crippen LogP contribution in [0, 0.1) is 5.92 Å². The van der Waals surface area contributed by atoms with Gasteiger partial charge in [-0.05, 0) is 24.5 Å². The molecule has 0 aromatic carbocycles. The molecule has 0 aliphatic carbocycles. The van der Waals surface area contributed by atoms with Gasteiger partial charge in [0.1, 0.15) is 0 Å². The molecular weight excluding hydrogens is 178 g/mol. The summed E-state index contributed by atoms with van der Waals surface area (Å²) in [6.45, 7) is 4.80. The molecule has 0 amide bonds. The van der Waals surface area contributed by atoms with E-state index in [0.717, 1.165) is 13.0 Å². The van der Waals surface area contributed by atoms with E-state index in [2.05, 4.69) is 13.8 Å². The summed E-state index contributed by atoms with van der Waals surface area (Å²) in [4.78, 5) is 11.6. The van der Waals surface area contributed by atoms with Gasteiger partial charge in [0, 0.05) is 18.3 Å². The number of hydrogen-bond donors (Lipinski definition) is 1. The number of aliphatic hydroxyl groups excluding tert-OH is 1. The average molecular weight is 195 g/mol. The summed E-state index contributed by atoms with van der Waals surface area (Å²) in [5, 5.41) is 8.91. The first-order valence-corrected chi connectivity index (χ1v) is 4.94. The fourth-order valence-electron chi connectivity index (χ4n) is 1.28. The van der Waals surface area contributed by atoms with Crippen LogP contribution in [-0.4, -0.2) is 9.67 Å². The van der Waals surface area contributed by atoms with Crippen molar-refractivity contribution >= 4 is 0 Å². The quantitative estimate of drug-likeness (QED) is 0.788. The van der Waals surface area contributed by atoms with E-state index in [1.54, 1.807) is 22.9 Å². The molecule has 0 bridgehead atoms. The molecule has 0 fully saturated rings. The maximum absolute atomic E-state index is 11.6. The van der Waals surface area contributed by atoms with Crippen LogP contribution in [-0.2, 0) is 13.2 Å². The Hall–Kier alpha value is -1.09. The van der Waals surface area contributed by atoms with Crippen LogP contribution in [0.25, 0.3) is 0 Å². The molecule has 1 N–H and O–H groups in total.